The van der Waals surface area contributed by atoms with Gasteiger partial charge in [0.1, 0.15) is 40.9 Å². The van der Waals surface area contributed by atoms with Gasteiger partial charge in [0, 0.05) is 5.69 Å². The third kappa shape index (κ3) is 12.8. The fraction of sp³-hybridized carbons (Fsp3) is 0.0385. The first-order valence-corrected chi connectivity index (χ1v) is 19.3. The van der Waals surface area contributed by atoms with Gasteiger partial charge in [-0.05, 0) is 71.3 Å². The number of hydrogen-bond acceptors (Lipinski definition) is 19. The number of halogens is 1. The number of aromatic nitrogens is 3. The van der Waals surface area contributed by atoms with Crippen LogP contribution in [-0.4, -0.2) is 66.8 Å². The summed E-state index contributed by atoms with van der Waals surface area (Å²) in [6, 6.07) is 10.1. The van der Waals surface area contributed by atoms with Gasteiger partial charge in [-0.1, -0.05) is 30.0 Å². The maximum Gasteiger partial charge on any atom is 1.00 e. The average Bonchev–Trinajstić information content (AvgIpc) is 2.99. The van der Waals surface area contributed by atoms with Gasteiger partial charge < -0.3 is 29.4 Å². The molecule has 0 unspecified atom stereocenters. The van der Waals surface area contributed by atoms with Crippen molar-refractivity contribution in [2.75, 3.05) is 10.6 Å². The Labute approximate surface area is 406 Å². The summed E-state index contributed by atoms with van der Waals surface area (Å²) in [6.07, 6.45) is 0. The van der Waals surface area contributed by atoms with E-state index in [1.165, 1.54) is 24.3 Å². The quantitative estimate of drug-likeness (QED) is 0.0666. The zero-order chi connectivity index (χ0) is 37.7. The van der Waals surface area contributed by atoms with Crippen LogP contribution in [0.15, 0.2) is 90.5 Å². The van der Waals surface area contributed by atoms with Crippen LogP contribution in [0, 0.1) is 6.92 Å². The van der Waals surface area contributed by atoms with E-state index in [0.717, 1.165) is 25.1 Å². The van der Waals surface area contributed by atoms with E-state index < -0.39 is 100 Å². The molecule has 0 aliphatic carbocycles. The zero-order valence-electron chi connectivity index (χ0n) is 28.9. The fourth-order valence-electron chi connectivity index (χ4n) is 4.52. The molecule has 4 aromatic carbocycles. The zero-order valence-corrected chi connectivity index (χ0v) is 40.9. The van der Waals surface area contributed by atoms with Crippen molar-refractivity contribution in [2.24, 2.45) is 10.2 Å². The average molecular weight is 890 g/mol. The number of nitrogens with one attached hydrogen (secondary N) is 2. The van der Waals surface area contributed by atoms with Crippen molar-refractivity contribution in [2.45, 2.75) is 26.5 Å². The number of aryl methyl sites for hydroxylation is 1. The van der Waals surface area contributed by atoms with Gasteiger partial charge in [-0.25, -0.2) is 25.3 Å². The summed E-state index contributed by atoms with van der Waals surface area (Å²) in [4.78, 5) is 7.84. The molecule has 1 heterocycles. The summed E-state index contributed by atoms with van der Waals surface area (Å²) in [5.41, 5.74) is -2.44. The third-order valence-corrected chi connectivity index (χ3v) is 10.4. The first kappa shape index (κ1) is 52.1. The van der Waals surface area contributed by atoms with Crippen molar-refractivity contribution in [3.05, 3.63) is 71.5 Å². The molecule has 29 heteroatoms. The number of fused-ring (bicyclic) bond motifs is 1. The molecule has 0 aliphatic heterocycles. The van der Waals surface area contributed by atoms with E-state index >= 15 is 0 Å². The molecule has 0 radical (unpaired) electrons. The van der Waals surface area contributed by atoms with E-state index in [1.807, 2.05) is 0 Å². The fourth-order valence-corrected chi connectivity index (χ4v) is 7.45. The van der Waals surface area contributed by atoms with Crippen LogP contribution in [0.25, 0.3) is 10.8 Å². The van der Waals surface area contributed by atoms with Crippen LogP contribution in [0.5, 0.6) is 5.75 Å². The van der Waals surface area contributed by atoms with Crippen LogP contribution >= 0.6 is 11.6 Å². The Hall–Kier alpha value is -0.920. The van der Waals surface area contributed by atoms with E-state index in [9.17, 15) is 57.0 Å². The van der Waals surface area contributed by atoms with Crippen LogP contribution in [-0.2, 0) is 40.5 Å². The Balaban J connectivity index is 0.00000378. The Kier molecular flexibility index (Phi) is 18.8. The minimum atomic E-state index is -5.26. The van der Waals surface area contributed by atoms with Gasteiger partial charge >= 0.3 is 118 Å². The SMILES string of the molecule is Cc1cc(S(=O)(=O)[O-])c(Nc2nc(Cl)nc(Nc3ccc(N=Nc4cc(S(=O)(=O)[O-])c5ccccc5c4[O-])c(S(=O)(=O)O)c3)n2)cc1S(=O)(=O)[O-].[Na+].[Na+].[Na+].[Na+]. The maximum absolute atomic E-state index is 12.9. The first-order chi connectivity index (χ1) is 23.5. The number of benzene rings is 4. The molecule has 268 valence electrons. The largest absolute Gasteiger partial charge is 1.00 e. The molecule has 0 spiro atoms. The monoisotopic (exact) mass is 889 g/mol. The summed E-state index contributed by atoms with van der Waals surface area (Å²) in [5, 5.41) is 24.1. The maximum atomic E-state index is 12.9. The van der Waals surface area contributed by atoms with E-state index in [0.29, 0.717) is 18.2 Å². The summed E-state index contributed by atoms with van der Waals surface area (Å²) < 4.78 is 141. The van der Waals surface area contributed by atoms with Crippen molar-refractivity contribution in [3.63, 3.8) is 0 Å². The molecule has 3 N–H and O–H groups in total. The molecule has 20 nitrogen and oxygen atoms in total. The number of rotatable bonds is 10. The Morgan fingerprint density at radius 2 is 1.16 bits per heavy atom. The van der Waals surface area contributed by atoms with Crippen molar-refractivity contribution in [1.29, 1.82) is 0 Å². The Morgan fingerprint density at radius 1 is 0.636 bits per heavy atom. The molecule has 0 saturated heterocycles. The number of azo groups is 1. The summed E-state index contributed by atoms with van der Waals surface area (Å²) in [6.45, 7) is 1.08. The molecule has 5 rings (SSSR count). The van der Waals surface area contributed by atoms with Gasteiger partial charge in [-0.2, -0.15) is 28.5 Å². The second-order valence-corrected chi connectivity index (χ2v) is 15.9. The Bertz CT molecular complexity index is 2770. The van der Waals surface area contributed by atoms with Gasteiger partial charge in [0.2, 0.25) is 17.2 Å². The van der Waals surface area contributed by atoms with Gasteiger partial charge in [0.25, 0.3) is 10.1 Å². The van der Waals surface area contributed by atoms with Gasteiger partial charge in [-0.15, -0.1) is 5.11 Å². The van der Waals surface area contributed by atoms with Crippen molar-refractivity contribution < 1.29 is 175 Å². The number of hydrogen-bond donors (Lipinski definition) is 3. The smallest absolute Gasteiger partial charge is 0.871 e. The van der Waals surface area contributed by atoms with Gasteiger partial charge in [0.15, 0.2) is 0 Å². The minimum absolute atomic E-state index is 0. The van der Waals surface area contributed by atoms with Crippen LogP contribution in [0.3, 0.4) is 0 Å². The summed E-state index contributed by atoms with van der Waals surface area (Å²) in [7, 11) is -20.6. The van der Waals surface area contributed by atoms with Crippen LogP contribution in [0.2, 0.25) is 5.28 Å². The Morgan fingerprint density at radius 3 is 1.71 bits per heavy atom. The predicted octanol–water partition coefficient (Wildman–Crippen LogP) is -9.06. The number of nitrogens with zero attached hydrogens (tertiary/aromatic N) is 5. The molecule has 0 aliphatic rings. The molecule has 1 aromatic heterocycles. The third-order valence-electron chi connectivity index (χ3n) is 6.64. The molecule has 0 amide bonds. The van der Waals surface area contributed by atoms with Crippen molar-refractivity contribution in [3.8, 4) is 5.75 Å². The van der Waals surface area contributed by atoms with Crippen molar-refractivity contribution in [1.82, 2.24) is 15.0 Å². The van der Waals surface area contributed by atoms with E-state index in [2.05, 4.69) is 35.8 Å². The first-order valence-electron chi connectivity index (χ1n) is 13.3. The molecule has 0 fully saturated rings. The molecule has 0 atom stereocenters. The van der Waals surface area contributed by atoms with E-state index in [1.54, 1.807) is 0 Å². The normalized spacial score (nSPS) is 11.8. The minimum Gasteiger partial charge on any atom is -0.871 e. The second-order valence-electron chi connectivity index (χ2n) is 10.1. The summed E-state index contributed by atoms with van der Waals surface area (Å²) in [5.74, 6) is -1.91. The number of anilines is 4. The second kappa shape index (κ2) is 19.9. The van der Waals surface area contributed by atoms with Crippen LogP contribution < -0.4 is 134 Å². The molecule has 5 aromatic rings. The molecule has 0 bridgehead atoms. The molecule has 0 saturated carbocycles. The van der Waals surface area contributed by atoms with Crippen LogP contribution in [0.1, 0.15) is 5.56 Å². The van der Waals surface area contributed by atoms with Crippen LogP contribution in [0.4, 0.5) is 34.6 Å². The van der Waals surface area contributed by atoms with Gasteiger partial charge in [0.05, 0.1) is 26.1 Å². The standard InChI is InChI=1S/C26H20ClN7O13S4.4Na/c1-12-8-21(50(42,43)44)17(10-19(12)48(36,37)38)29-26-31-24(27)30-25(32-26)28-13-6-7-16(22(9-13)51(45,46)47)33-34-18-11-20(49(39,40)41)14-4-2-3-5-15(14)23(18)35;;;;/h2-11,35H,1H3,(H,36,37,38)(H,39,40,41)(H,42,43,44)(H,45,46,47)(H2,28,29,30,31,32);;;;/q;4*+1/p-4. The van der Waals surface area contributed by atoms with Gasteiger partial charge in [-0.3, -0.25) is 4.55 Å². The predicted molar refractivity (Wildman–Crippen MR) is 170 cm³/mol. The van der Waals surface area contributed by atoms with Crippen molar-refractivity contribution >= 4 is 97.5 Å². The molecular formula is C26H16ClN7Na4O13S4. The van der Waals surface area contributed by atoms with E-state index in [4.69, 9.17) is 11.6 Å². The molecular weight excluding hydrogens is 874 g/mol. The molecule has 55 heavy (non-hydrogen) atoms. The summed E-state index contributed by atoms with van der Waals surface area (Å²) >= 11 is 5.94. The van der Waals surface area contributed by atoms with E-state index in [-0.39, 0.29) is 140 Å². The topological polar surface area (TPSA) is 336 Å².